The van der Waals surface area contributed by atoms with Crippen molar-refractivity contribution in [2.24, 2.45) is 0 Å². The van der Waals surface area contributed by atoms with Gasteiger partial charge in [-0.25, -0.2) is 15.0 Å². The largest absolute Gasteiger partial charge is 0.378 e. The molecule has 0 radical (unpaired) electrons. The monoisotopic (exact) mass is 304 g/mol. The van der Waals surface area contributed by atoms with Gasteiger partial charge in [-0.1, -0.05) is 13.8 Å². The molecule has 22 heavy (non-hydrogen) atoms. The summed E-state index contributed by atoms with van der Waals surface area (Å²) in [7, 11) is 0. The summed E-state index contributed by atoms with van der Waals surface area (Å²) >= 11 is 0. The van der Waals surface area contributed by atoms with Crippen molar-refractivity contribution in [3.8, 4) is 11.3 Å². The number of nitrogens with two attached hydrogens (primary N) is 1. The van der Waals surface area contributed by atoms with Gasteiger partial charge in [0.15, 0.2) is 0 Å². The lowest BCUT2D eigenvalue weighted by Crippen LogP contribution is -2.38. The van der Waals surface area contributed by atoms with Crippen molar-refractivity contribution in [3.05, 3.63) is 28.8 Å². The predicted molar refractivity (Wildman–Crippen MR) is 84.7 cm³/mol. The summed E-state index contributed by atoms with van der Waals surface area (Å²) in [5.41, 5.74) is 6.41. The minimum atomic E-state index is -0.215. The molecule has 1 aliphatic heterocycles. The van der Waals surface area contributed by atoms with Crippen LogP contribution in [0.4, 0.5) is 11.9 Å². The van der Waals surface area contributed by atoms with Crippen LogP contribution >= 0.6 is 0 Å². The van der Waals surface area contributed by atoms with Crippen molar-refractivity contribution in [1.29, 1.82) is 0 Å². The maximum absolute atomic E-state index is 11.8. The summed E-state index contributed by atoms with van der Waals surface area (Å²) in [4.78, 5) is 28.8. The zero-order valence-electron chi connectivity index (χ0n) is 12.7. The summed E-state index contributed by atoms with van der Waals surface area (Å²) in [5, 5.41) is 0. The molecule has 8 heteroatoms. The number of rotatable bonds is 2. The average molecular weight is 304 g/mol. The third-order valence-corrected chi connectivity index (χ3v) is 3.01. The first kappa shape index (κ1) is 15.9. The van der Waals surface area contributed by atoms with Crippen LogP contribution in [0, 0.1) is 0 Å². The van der Waals surface area contributed by atoms with Gasteiger partial charge in [0.25, 0.3) is 5.56 Å². The molecule has 0 unspecified atom stereocenters. The van der Waals surface area contributed by atoms with Crippen molar-refractivity contribution in [2.75, 3.05) is 36.9 Å². The highest BCUT2D eigenvalue weighted by Gasteiger charge is 2.14. The van der Waals surface area contributed by atoms with Gasteiger partial charge in [0.2, 0.25) is 11.9 Å². The van der Waals surface area contributed by atoms with Crippen LogP contribution in [-0.2, 0) is 4.74 Å². The number of aromatic nitrogens is 4. The lowest BCUT2D eigenvalue weighted by molar-refractivity contribution is 0.122. The number of ether oxygens (including phenoxy) is 1. The van der Waals surface area contributed by atoms with Gasteiger partial charge in [-0.2, -0.15) is 0 Å². The van der Waals surface area contributed by atoms with Crippen molar-refractivity contribution >= 4 is 11.9 Å². The maximum atomic E-state index is 11.8. The first-order valence-corrected chi connectivity index (χ1v) is 7.24. The van der Waals surface area contributed by atoms with E-state index in [-0.39, 0.29) is 11.5 Å². The molecule has 1 aliphatic rings. The molecule has 0 amide bonds. The van der Waals surface area contributed by atoms with Crippen LogP contribution < -0.4 is 16.2 Å². The number of morpholine rings is 1. The molecule has 8 nitrogen and oxygen atoms in total. The summed E-state index contributed by atoms with van der Waals surface area (Å²) < 4.78 is 5.28. The standard InChI is InChI=1S/C12H14N6O2.C2H6/c13-11-14-6-8(7-15-11)9-5-10(19)17-12(16-9)18-1-3-20-4-2-18;1-2/h5-7H,1-4H2,(H2,13,14,15)(H,16,17,19);1-2H3. The Kier molecular flexibility index (Phi) is 5.42. The minimum absolute atomic E-state index is 0.187. The van der Waals surface area contributed by atoms with Crippen LogP contribution in [0.1, 0.15) is 13.8 Å². The fraction of sp³-hybridized carbons (Fsp3) is 0.429. The third-order valence-electron chi connectivity index (χ3n) is 3.01. The summed E-state index contributed by atoms with van der Waals surface area (Å²) in [6.07, 6.45) is 3.10. The molecule has 2 aromatic heterocycles. The van der Waals surface area contributed by atoms with E-state index in [1.807, 2.05) is 18.7 Å². The second-order valence-electron chi connectivity index (χ2n) is 4.38. The van der Waals surface area contributed by atoms with E-state index >= 15 is 0 Å². The van der Waals surface area contributed by atoms with Crippen molar-refractivity contribution in [3.63, 3.8) is 0 Å². The molecule has 0 saturated carbocycles. The van der Waals surface area contributed by atoms with E-state index in [1.165, 1.54) is 6.07 Å². The van der Waals surface area contributed by atoms with Gasteiger partial charge in [-0.05, 0) is 0 Å². The highest BCUT2D eigenvalue weighted by Crippen LogP contribution is 2.16. The van der Waals surface area contributed by atoms with Crippen molar-refractivity contribution in [2.45, 2.75) is 13.8 Å². The first-order chi connectivity index (χ1) is 10.7. The Labute approximate surface area is 128 Å². The Hall–Kier alpha value is -2.48. The molecular formula is C14H20N6O2. The first-order valence-electron chi connectivity index (χ1n) is 7.24. The summed E-state index contributed by atoms with van der Waals surface area (Å²) in [6.45, 7) is 6.65. The molecule has 0 bridgehead atoms. The van der Waals surface area contributed by atoms with E-state index in [2.05, 4.69) is 19.9 Å². The van der Waals surface area contributed by atoms with Crippen molar-refractivity contribution in [1.82, 2.24) is 19.9 Å². The molecule has 118 valence electrons. The second kappa shape index (κ2) is 7.51. The maximum Gasteiger partial charge on any atom is 0.252 e. The van der Waals surface area contributed by atoms with E-state index < -0.39 is 0 Å². The summed E-state index contributed by atoms with van der Waals surface area (Å²) in [6, 6.07) is 1.42. The Balaban J connectivity index is 0.000000847. The number of hydrogen-bond donors (Lipinski definition) is 2. The zero-order valence-corrected chi connectivity index (χ0v) is 12.7. The molecule has 0 aliphatic carbocycles. The van der Waals surface area contributed by atoms with Gasteiger partial charge >= 0.3 is 0 Å². The SMILES string of the molecule is CC.Nc1ncc(-c2cc(=O)[nH]c(N3CCOCC3)n2)cn1. The fourth-order valence-corrected chi connectivity index (χ4v) is 1.99. The predicted octanol–water partition coefficient (Wildman–Crippen LogP) is 0.672. The van der Waals surface area contributed by atoms with Gasteiger partial charge < -0.3 is 15.4 Å². The number of nitrogen functional groups attached to an aromatic ring is 1. The van der Waals surface area contributed by atoms with Gasteiger partial charge in [0, 0.05) is 37.1 Å². The van der Waals surface area contributed by atoms with Gasteiger partial charge in [0.1, 0.15) is 0 Å². The van der Waals surface area contributed by atoms with Crippen LogP contribution in [0.25, 0.3) is 11.3 Å². The van der Waals surface area contributed by atoms with E-state index in [0.29, 0.717) is 43.5 Å². The van der Waals surface area contributed by atoms with Gasteiger partial charge in [-0.15, -0.1) is 0 Å². The van der Waals surface area contributed by atoms with Gasteiger partial charge in [-0.3, -0.25) is 9.78 Å². The van der Waals surface area contributed by atoms with Gasteiger partial charge in [0.05, 0.1) is 18.9 Å². The quantitative estimate of drug-likeness (QED) is 0.839. The average Bonchev–Trinajstić information content (AvgIpc) is 2.57. The van der Waals surface area contributed by atoms with Crippen LogP contribution in [-0.4, -0.2) is 46.2 Å². The molecule has 0 atom stereocenters. The molecule has 0 spiro atoms. The molecule has 3 rings (SSSR count). The number of H-pyrrole nitrogens is 1. The second-order valence-corrected chi connectivity index (χ2v) is 4.38. The van der Waals surface area contributed by atoms with Crippen LogP contribution in [0.5, 0.6) is 0 Å². The Bertz CT molecular complexity index is 649. The lowest BCUT2D eigenvalue weighted by Gasteiger charge is -2.27. The topological polar surface area (TPSA) is 110 Å². The summed E-state index contributed by atoms with van der Waals surface area (Å²) in [5.74, 6) is 0.722. The number of nitrogens with zero attached hydrogens (tertiary/aromatic N) is 4. The zero-order chi connectivity index (χ0) is 15.9. The molecule has 3 N–H and O–H groups in total. The molecular weight excluding hydrogens is 284 g/mol. The smallest absolute Gasteiger partial charge is 0.252 e. The van der Waals surface area contributed by atoms with Crippen molar-refractivity contribution < 1.29 is 4.74 Å². The number of anilines is 2. The van der Waals surface area contributed by atoms with E-state index in [9.17, 15) is 4.79 Å². The van der Waals surface area contributed by atoms with E-state index in [1.54, 1.807) is 12.4 Å². The molecule has 2 aromatic rings. The Morgan fingerprint density at radius 1 is 1.23 bits per heavy atom. The van der Waals surface area contributed by atoms with E-state index in [0.717, 1.165) is 0 Å². The molecule has 0 aromatic carbocycles. The highest BCUT2D eigenvalue weighted by atomic mass is 16.5. The molecule has 1 fully saturated rings. The normalized spacial score (nSPS) is 14.2. The lowest BCUT2D eigenvalue weighted by atomic mass is 10.2. The fourth-order valence-electron chi connectivity index (χ4n) is 1.99. The number of hydrogen-bond acceptors (Lipinski definition) is 7. The van der Waals surface area contributed by atoms with Crippen LogP contribution in [0.2, 0.25) is 0 Å². The van der Waals surface area contributed by atoms with Crippen LogP contribution in [0.3, 0.4) is 0 Å². The number of aromatic amines is 1. The third kappa shape index (κ3) is 3.79. The molecule has 3 heterocycles. The number of nitrogens with one attached hydrogen (secondary N) is 1. The molecule has 1 saturated heterocycles. The minimum Gasteiger partial charge on any atom is -0.378 e. The Morgan fingerprint density at radius 2 is 1.86 bits per heavy atom. The highest BCUT2D eigenvalue weighted by molar-refractivity contribution is 5.58. The van der Waals surface area contributed by atoms with E-state index in [4.69, 9.17) is 10.5 Å². The van der Waals surface area contributed by atoms with Crippen LogP contribution in [0.15, 0.2) is 23.3 Å². The Morgan fingerprint density at radius 3 is 2.50 bits per heavy atom.